The Kier molecular flexibility index (Phi) is 6.02. The molecule has 0 aliphatic rings. The summed E-state index contributed by atoms with van der Waals surface area (Å²) in [5.74, 6) is 1.08. The minimum Gasteiger partial charge on any atom is -0.508 e. The molecule has 3 N–H and O–H groups in total. The van der Waals surface area contributed by atoms with Crippen LogP contribution < -0.4 is 0 Å². The third-order valence-electron chi connectivity index (χ3n) is 5.16. The minimum absolute atomic E-state index is 0.0910. The summed E-state index contributed by atoms with van der Waals surface area (Å²) in [5.41, 5.74) is 2.60. The van der Waals surface area contributed by atoms with E-state index in [0.29, 0.717) is 11.7 Å². The molecule has 0 aliphatic carbocycles. The van der Waals surface area contributed by atoms with Gasteiger partial charge in [0.15, 0.2) is 0 Å². The first-order valence-corrected chi connectivity index (χ1v) is 9.39. The Morgan fingerprint density at radius 1 is 0.667 bits per heavy atom. The summed E-state index contributed by atoms with van der Waals surface area (Å²) >= 11 is 0. The molecule has 3 aromatic carbocycles. The molecule has 0 radical (unpaired) electrons. The maximum Gasteiger partial charge on any atom is 0.119 e. The molecule has 0 aliphatic heterocycles. The molecule has 0 amide bonds. The maximum atomic E-state index is 10.4. The van der Waals surface area contributed by atoms with Crippen LogP contribution in [0.2, 0.25) is 0 Å². The Hall–Kier alpha value is -2.94. The van der Waals surface area contributed by atoms with Crippen molar-refractivity contribution in [2.45, 2.75) is 32.1 Å². The number of para-hydroxylation sites is 3. The van der Waals surface area contributed by atoms with Gasteiger partial charge in [-0.1, -0.05) is 61.5 Å². The van der Waals surface area contributed by atoms with Crippen molar-refractivity contribution >= 4 is 0 Å². The fraction of sp³-hybridized carbons (Fsp3) is 0.250. The Balaban J connectivity index is 1.80. The number of hydrogen-bond acceptors (Lipinski definition) is 3. The second-order valence-electron chi connectivity index (χ2n) is 7.18. The van der Waals surface area contributed by atoms with E-state index in [1.807, 2.05) is 54.6 Å². The van der Waals surface area contributed by atoms with E-state index in [9.17, 15) is 15.3 Å². The predicted octanol–water partition coefficient (Wildman–Crippen LogP) is 5.59. The number of hydrogen-bond donors (Lipinski definition) is 3. The highest BCUT2D eigenvalue weighted by Crippen LogP contribution is 2.40. The van der Waals surface area contributed by atoms with E-state index in [2.05, 4.69) is 6.92 Å². The minimum atomic E-state index is -0.0910. The van der Waals surface area contributed by atoms with Crippen LogP contribution in [0.1, 0.15) is 42.4 Å². The van der Waals surface area contributed by atoms with Crippen LogP contribution in [-0.2, 0) is 6.42 Å². The lowest BCUT2D eigenvalue weighted by Gasteiger charge is -2.23. The smallest absolute Gasteiger partial charge is 0.119 e. The number of aryl methyl sites for hydroxylation is 1. The molecular weight excluding hydrogens is 336 g/mol. The molecule has 3 nitrogen and oxygen atoms in total. The summed E-state index contributed by atoms with van der Waals surface area (Å²) in [6.07, 6.45) is 2.50. The lowest BCUT2D eigenvalue weighted by atomic mass is 9.81. The molecule has 0 spiro atoms. The zero-order valence-electron chi connectivity index (χ0n) is 15.5. The van der Waals surface area contributed by atoms with Crippen LogP contribution in [0.4, 0.5) is 0 Å². The topological polar surface area (TPSA) is 60.7 Å². The fourth-order valence-electron chi connectivity index (χ4n) is 3.63. The normalized spacial score (nSPS) is 12.2. The van der Waals surface area contributed by atoms with Gasteiger partial charge < -0.3 is 15.3 Å². The summed E-state index contributed by atoms with van der Waals surface area (Å²) in [6, 6.07) is 22.1. The van der Waals surface area contributed by atoms with Gasteiger partial charge in [0.1, 0.15) is 17.2 Å². The van der Waals surface area contributed by atoms with E-state index in [4.69, 9.17) is 0 Å². The highest BCUT2D eigenvalue weighted by atomic mass is 16.3. The van der Waals surface area contributed by atoms with Crippen molar-refractivity contribution in [3.63, 3.8) is 0 Å². The van der Waals surface area contributed by atoms with Crippen molar-refractivity contribution in [1.82, 2.24) is 0 Å². The standard InChI is InChI=1S/C24H26O3/c1-17(14-15-18-8-2-5-11-22(18)25)16-21(19-9-3-6-12-23(19)26)20-10-4-7-13-24(20)27/h2-13,17,21,25-27H,14-16H2,1H3. The number of aromatic hydroxyl groups is 3. The molecule has 0 fully saturated rings. The monoisotopic (exact) mass is 362 g/mol. The molecule has 1 atom stereocenters. The van der Waals surface area contributed by atoms with E-state index in [1.54, 1.807) is 18.2 Å². The summed E-state index contributed by atoms with van der Waals surface area (Å²) in [6.45, 7) is 2.17. The second-order valence-corrected chi connectivity index (χ2v) is 7.18. The van der Waals surface area contributed by atoms with Crippen LogP contribution in [0.5, 0.6) is 17.2 Å². The molecule has 140 valence electrons. The zero-order valence-corrected chi connectivity index (χ0v) is 15.5. The van der Waals surface area contributed by atoms with Crippen LogP contribution in [0.25, 0.3) is 0 Å². The van der Waals surface area contributed by atoms with Gasteiger partial charge >= 0.3 is 0 Å². The Labute approximate surface area is 160 Å². The van der Waals surface area contributed by atoms with Gasteiger partial charge in [-0.2, -0.15) is 0 Å². The van der Waals surface area contributed by atoms with Gasteiger partial charge in [0.25, 0.3) is 0 Å². The van der Waals surface area contributed by atoms with Crippen LogP contribution in [0, 0.1) is 5.92 Å². The third-order valence-corrected chi connectivity index (χ3v) is 5.16. The first-order chi connectivity index (χ1) is 13.1. The number of phenolic OH excluding ortho intramolecular Hbond substituents is 3. The lowest BCUT2D eigenvalue weighted by Crippen LogP contribution is -2.08. The van der Waals surface area contributed by atoms with Gasteiger partial charge in [0.05, 0.1) is 0 Å². The first-order valence-electron chi connectivity index (χ1n) is 9.39. The molecule has 0 heterocycles. The Morgan fingerprint density at radius 2 is 1.15 bits per heavy atom. The number of rotatable bonds is 7. The van der Waals surface area contributed by atoms with Crippen LogP contribution in [0.15, 0.2) is 72.8 Å². The second kappa shape index (κ2) is 8.63. The molecule has 27 heavy (non-hydrogen) atoms. The molecule has 0 saturated carbocycles. The molecule has 0 bridgehead atoms. The highest BCUT2D eigenvalue weighted by Gasteiger charge is 2.22. The van der Waals surface area contributed by atoms with Crippen LogP contribution in [-0.4, -0.2) is 15.3 Å². The average molecular weight is 362 g/mol. The molecule has 0 saturated heterocycles. The molecule has 3 heteroatoms. The van der Waals surface area contributed by atoms with Gasteiger partial charge in [-0.15, -0.1) is 0 Å². The van der Waals surface area contributed by atoms with Gasteiger partial charge in [-0.25, -0.2) is 0 Å². The van der Waals surface area contributed by atoms with E-state index >= 15 is 0 Å². The van der Waals surface area contributed by atoms with Gasteiger partial charge in [-0.3, -0.25) is 0 Å². The lowest BCUT2D eigenvalue weighted by molar-refractivity contribution is 0.419. The van der Waals surface area contributed by atoms with Crippen molar-refractivity contribution in [3.8, 4) is 17.2 Å². The van der Waals surface area contributed by atoms with Crippen molar-refractivity contribution in [2.24, 2.45) is 5.92 Å². The molecule has 3 rings (SSSR count). The molecular formula is C24H26O3. The highest BCUT2D eigenvalue weighted by molar-refractivity contribution is 5.46. The summed E-state index contributed by atoms with van der Waals surface area (Å²) < 4.78 is 0. The maximum absolute atomic E-state index is 10.4. The number of phenols is 3. The van der Waals surface area contributed by atoms with Gasteiger partial charge in [0.2, 0.25) is 0 Å². The quantitative estimate of drug-likeness (QED) is 0.513. The Morgan fingerprint density at radius 3 is 1.67 bits per heavy atom. The number of benzene rings is 3. The fourth-order valence-corrected chi connectivity index (χ4v) is 3.63. The SMILES string of the molecule is CC(CCc1ccccc1O)CC(c1ccccc1O)c1ccccc1O. The van der Waals surface area contributed by atoms with Crippen molar-refractivity contribution in [1.29, 1.82) is 0 Å². The summed E-state index contributed by atoms with van der Waals surface area (Å²) in [4.78, 5) is 0. The van der Waals surface area contributed by atoms with E-state index in [0.717, 1.165) is 36.0 Å². The molecule has 0 aromatic heterocycles. The molecule has 1 unspecified atom stereocenters. The first kappa shape index (κ1) is 18.8. The summed E-state index contributed by atoms with van der Waals surface area (Å²) in [7, 11) is 0. The van der Waals surface area contributed by atoms with Crippen molar-refractivity contribution in [3.05, 3.63) is 89.5 Å². The van der Waals surface area contributed by atoms with E-state index in [1.165, 1.54) is 0 Å². The van der Waals surface area contributed by atoms with Crippen molar-refractivity contribution in [2.75, 3.05) is 0 Å². The Bertz CT molecular complexity index is 843. The molecule has 3 aromatic rings. The van der Waals surface area contributed by atoms with E-state index < -0.39 is 0 Å². The van der Waals surface area contributed by atoms with Crippen LogP contribution >= 0.6 is 0 Å². The van der Waals surface area contributed by atoms with Gasteiger partial charge in [0, 0.05) is 17.0 Å². The van der Waals surface area contributed by atoms with E-state index in [-0.39, 0.29) is 17.4 Å². The van der Waals surface area contributed by atoms with Gasteiger partial charge in [-0.05, 0) is 48.9 Å². The largest absolute Gasteiger partial charge is 0.508 e. The summed E-state index contributed by atoms with van der Waals surface area (Å²) in [5, 5.41) is 30.7. The van der Waals surface area contributed by atoms with Crippen molar-refractivity contribution < 1.29 is 15.3 Å². The van der Waals surface area contributed by atoms with Crippen LogP contribution in [0.3, 0.4) is 0 Å². The predicted molar refractivity (Wildman–Crippen MR) is 108 cm³/mol. The zero-order chi connectivity index (χ0) is 19.2. The average Bonchev–Trinajstić information content (AvgIpc) is 2.67. The third kappa shape index (κ3) is 4.62.